The predicted molar refractivity (Wildman–Crippen MR) is 338 cm³/mol. The van der Waals surface area contributed by atoms with Gasteiger partial charge in [0.2, 0.25) is 41.4 Å². The number of nitrogens with two attached hydrogens (primary N) is 2. The van der Waals surface area contributed by atoms with Gasteiger partial charge < -0.3 is 71.6 Å². The van der Waals surface area contributed by atoms with E-state index in [2.05, 4.69) is 36.7 Å². The number of hydrogen-bond donors (Lipinski definition) is 9. The van der Waals surface area contributed by atoms with Crippen molar-refractivity contribution >= 4 is 59.2 Å². The van der Waals surface area contributed by atoms with Crippen LogP contribution in [0.3, 0.4) is 0 Å². The fraction of sp³-hybridized carbons (Fsp3) is 0.672. The third kappa shape index (κ3) is 23.8. The zero-order valence-corrected chi connectivity index (χ0v) is 55.0. The summed E-state index contributed by atoms with van der Waals surface area (Å²) >= 11 is 0. The Bertz CT molecular complexity index is 2560. The molecule has 1 heterocycles. The van der Waals surface area contributed by atoms with Crippen LogP contribution in [0.5, 0.6) is 0 Å². The summed E-state index contributed by atoms with van der Waals surface area (Å²) in [5.74, 6) is 0.0756. The molecule has 3 rings (SSSR count). The highest BCUT2D eigenvalue weighted by atomic mass is 16.6. The number of ether oxygens (including phenoxy) is 3. The van der Waals surface area contributed by atoms with Crippen molar-refractivity contribution in [1.29, 1.82) is 0 Å². The number of methoxy groups -OCH3 is 2. The molecule has 0 saturated carbocycles. The number of amides is 10. The maximum Gasteiger partial charge on any atom is 0.410 e. The number of primary amides is 1. The van der Waals surface area contributed by atoms with Crippen molar-refractivity contribution in [2.45, 2.75) is 201 Å². The first-order valence-corrected chi connectivity index (χ1v) is 31.3. The van der Waals surface area contributed by atoms with E-state index in [1.54, 1.807) is 109 Å². The number of aliphatic hydroxyl groups excluding tert-OH is 1. The number of rotatable bonds is 38. The molecular weight excluding hydrogens is 1150 g/mol. The zero-order valence-electron chi connectivity index (χ0n) is 55.0. The second-order valence-corrected chi connectivity index (χ2v) is 24.5. The first-order chi connectivity index (χ1) is 42.1. The lowest BCUT2D eigenvalue weighted by Crippen LogP contribution is -2.60. The van der Waals surface area contributed by atoms with Gasteiger partial charge in [-0.2, -0.15) is 0 Å². The SMILES string of the molecule is CC[C@H](C)[C@@H]([C@@H](CC(=O)N1CCC[C@H]1C(OC)[C@@H](C)C(=O)N[C@H](C)[C@@H](O)c1ccccc1)OC)N(C)C(=O)[C@@H](NC(=O)[C@H](C(C)C)N(C)C(=O)OCc1ccc(NC(=O)[C@H](CCCNC(N)=O)NC(=O)[C@@H](NC(=O)CCCCCON)C(C)C)cc1)C(C)C. The molecule has 0 spiro atoms. The molecule has 12 atom stereocenters. The van der Waals surface area contributed by atoms with Crippen molar-refractivity contribution in [3.8, 4) is 0 Å². The number of benzene rings is 2. The molecule has 1 aliphatic rings. The molecule has 2 aromatic rings. The first kappa shape index (κ1) is 76.3. The predicted octanol–water partition coefficient (Wildman–Crippen LogP) is 5.04. The normalized spacial score (nSPS) is 16.9. The number of nitrogens with zero attached hydrogens (tertiary/aromatic N) is 3. The Labute approximate surface area is 526 Å². The van der Waals surface area contributed by atoms with E-state index in [-0.39, 0.29) is 68.4 Å². The minimum absolute atomic E-state index is 0.0851. The largest absolute Gasteiger partial charge is 0.445 e. The molecule has 10 amide bonds. The number of carbonyl (C=O) groups is 9. The van der Waals surface area contributed by atoms with Gasteiger partial charge >= 0.3 is 12.1 Å². The molecule has 1 fully saturated rings. The van der Waals surface area contributed by atoms with Gasteiger partial charge in [0.1, 0.15) is 30.8 Å². The summed E-state index contributed by atoms with van der Waals surface area (Å²) in [4.78, 5) is 132. The van der Waals surface area contributed by atoms with Gasteiger partial charge in [-0.15, -0.1) is 0 Å². The molecule has 89 heavy (non-hydrogen) atoms. The molecule has 0 bridgehead atoms. The standard InChI is InChI=1S/C64H105N11O14/c1-15-41(8)55(49(86-13)36-51(77)75-34-23-27-48(75)57(87-14)42(9)58(79)68-43(10)56(78)45-24-18-16-19-25-45)73(11)62(83)53(39(4)5)72-61(82)54(40(6)7)74(12)64(85)88-37-44-29-31-46(32-30-44)69-59(80)47(26-22-33-67-63(65)84)70-60(81)52(38(2)3)71-50(76)28-20-17-21-35-89-66/h16,18-19,24-25,29-32,38-43,47-49,52-57,78H,15,17,20-23,26-28,33-37,66H2,1-14H3,(H,68,79)(H,69,80)(H,70,81)(H,71,76)(H,72,82)(H3,65,67,84)/t41-,42+,43+,47-,48-,49+,52-,53-,54-,55-,56+,57?/m0/s1. The lowest BCUT2D eigenvalue weighted by atomic mass is 9.89. The zero-order chi connectivity index (χ0) is 66.7. The number of urea groups is 1. The van der Waals surface area contributed by atoms with Crippen molar-refractivity contribution in [2.75, 3.05) is 53.3 Å². The molecule has 11 N–H and O–H groups in total. The van der Waals surface area contributed by atoms with Crippen LogP contribution in [0.15, 0.2) is 54.6 Å². The fourth-order valence-electron chi connectivity index (χ4n) is 11.3. The van der Waals surface area contributed by atoms with Gasteiger partial charge in [0.25, 0.3) is 0 Å². The number of likely N-dealkylation sites (tertiary alicyclic amines) is 1. The van der Waals surface area contributed by atoms with Gasteiger partial charge in [-0.3, -0.25) is 38.5 Å². The Morgan fingerprint density at radius 3 is 1.96 bits per heavy atom. The highest BCUT2D eigenvalue weighted by Gasteiger charge is 2.44. The van der Waals surface area contributed by atoms with Crippen LogP contribution in [0.4, 0.5) is 15.3 Å². The van der Waals surface area contributed by atoms with Crippen molar-refractivity contribution in [2.24, 2.45) is 41.2 Å². The molecule has 25 nitrogen and oxygen atoms in total. The number of carbonyl (C=O) groups excluding carboxylic acids is 9. The van der Waals surface area contributed by atoms with Gasteiger partial charge in [0.05, 0.1) is 55.4 Å². The fourth-order valence-corrected chi connectivity index (χ4v) is 11.3. The van der Waals surface area contributed by atoms with Gasteiger partial charge in [-0.1, -0.05) is 118 Å². The highest BCUT2D eigenvalue weighted by molar-refractivity contribution is 5.98. The summed E-state index contributed by atoms with van der Waals surface area (Å²) in [6, 6.07) is 8.99. The molecule has 500 valence electrons. The summed E-state index contributed by atoms with van der Waals surface area (Å²) in [6.07, 6.45) is 1.19. The van der Waals surface area contributed by atoms with Crippen LogP contribution in [-0.2, 0) is 59.2 Å². The summed E-state index contributed by atoms with van der Waals surface area (Å²) < 4.78 is 17.7. The third-order valence-electron chi connectivity index (χ3n) is 16.7. The Balaban J connectivity index is 1.70. The minimum atomic E-state index is -1.07. The van der Waals surface area contributed by atoms with E-state index < -0.39 is 114 Å². The van der Waals surface area contributed by atoms with Gasteiger partial charge in [0, 0.05) is 53.5 Å². The Morgan fingerprint density at radius 1 is 0.730 bits per heavy atom. The average Bonchev–Trinajstić information content (AvgIpc) is 4.10. The maximum atomic E-state index is 14.8. The molecule has 1 saturated heterocycles. The van der Waals surface area contributed by atoms with Gasteiger partial charge in [-0.25, -0.2) is 15.5 Å². The maximum absolute atomic E-state index is 14.8. The van der Waals surface area contributed by atoms with Crippen LogP contribution in [0.2, 0.25) is 0 Å². The third-order valence-corrected chi connectivity index (χ3v) is 16.7. The van der Waals surface area contributed by atoms with E-state index in [4.69, 9.17) is 25.8 Å². The Hall–Kier alpha value is -6.93. The first-order valence-electron chi connectivity index (χ1n) is 31.3. The van der Waals surface area contributed by atoms with Crippen molar-refractivity contribution < 1.29 is 67.3 Å². The number of likely N-dealkylation sites (N-methyl/N-ethyl adjacent to an activating group) is 2. The summed E-state index contributed by atoms with van der Waals surface area (Å²) in [5.41, 5.74) is 6.80. The number of hydrogen-bond acceptors (Lipinski definition) is 15. The molecule has 2 aromatic carbocycles. The van der Waals surface area contributed by atoms with Crippen LogP contribution in [0.1, 0.15) is 151 Å². The molecule has 25 heteroatoms. The number of anilines is 1. The van der Waals surface area contributed by atoms with Crippen molar-refractivity contribution in [3.05, 3.63) is 65.7 Å². The summed E-state index contributed by atoms with van der Waals surface area (Å²) in [5, 5.41) is 27.7. The van der Waals surface area contributed by atoms with E-state index in [0.29, 0.717) is 68.5 Å². The van der Waals surface area contributed by atoms with Crippen LogP contribution >= 0.6 is 0 Å². The summed E-state index contributed by atoms with van der Waals surface area (Å²) in [7, 11) is 6.10. The second-order valence-electron chi connectivity index (χ2n) is 24.5. The quantitative estimate of drug-likeness (QED) is 0.0314. The molecule has 0 radical (unpaired) electrons. The molecule has 1 aliphatic heterocycles. The minimum Gasteiger partial charge on any atom is -0.445 e. The smallest absolute Gasteiger partial charge is 0.410 e. The Morgan fingerprint density at radius 2 is 1.38 bits per heavy atom. The van der Waals surface area contributed by atoms with Crippen molar-refractivity contribution in [3.63, 3.8) is 0 Å². The van der Waals surface area contributed by atoms with Gasteiger partial charge in [0.15, 0.2) is 0 Å². The topological polar surface area (TPSA) is 345 Å². The molecule has 0 aromatic heterocycles. The van der Waals surface area contributed by atoms with Crippen molar-refractivity contribution in [1.82, 2.24) is 41.3 Å². The van der Waals surface area contributed by atoms with Crippen LogP contribution < -0.4 is 43.5 Å². The second kappa shape index (κ2) is 38.6. The number of unbranched alkanes of at least 4 members (excludes halogenated alkanes) is 2. The number of aliphatic hydroxyl groups is 1. The van der Waals surface area contributed by atoms with Crippen LogP contribution in [0, 0.1) is 29.6 Å². The van der Waals surface area contributed by atoms with E-state index in [1.807, 2.05) is 32.0 Å². The summed E-state index contributed by atoms with van der Waals surface area (Å²) in [6.45, 7) is 18.9. The van der Waals surface area contributed by atoms with E-state index in [9.17, 15) is 48.3 Å². The van der Waals surface area contributed by atoms with E-state index in [1.165, 1.54) is 26.2 Å². The Kier molecular flexibility index (Phi) is 33.1. The molecule has 0 aliphatic carbocycles. The highest BCUT2D eigenvalue weighted by Crippen LogP contribution is 2.30. The van der Waals surface area contributed by atoms with Crippen LogP contribution in [0.25, 0.3) is 0 Å². The molecule has 1 unspecified atom stereocenters. The monoisotopic (exact) mass is 1250 g/mol. The van der Waals surface area contributed by atoms with Gasteiger partial charge in [-0.05, 0) is 92.4 Å². The lowest BCUT2D eigenvalue weighted by molar-refractivity contribution is -0.148. The van der Waals surface area contributed by atoms with E-state index in [0.717, 1.165) is 0 Å². The van der Waals surface area contributed by atoms with E-state index >= 15 is 0 Å². The molecular formula is C64H105N11O14. The lowest BCUT2D eigenvalue weighted by Gasteiger charge is -2.41. The average molecular weight is 1250 g/mol. The van der Waals surface area contributed by atoms with Crippen LogP contribution in [-0.4, -0.2) is 176 Å². The number of nitrogens with one attached hydrogen (secondary N) is 6.